The van der Waals surface area contributed by atoms with Crippen LogP contribution in [0.3, 0.4) is 0 Å². The molecule has 0 saturated heterocycles. The Kier molecular flexibility index (Phi) is 19.8. The third kappa shape index (κ3) is 21.6. The van der Waals surface area contributed by atoms with Gasteiger partial charge in [-0.25, -0.2) is 30.7 Å². The smallest absolute Gasteiger partial charge is 0.244 e. The Bertz CT molecular complexity index is 979. The molecule has 3 atom stereocenters. The monoisotopic (exact) mass is 771 g/mol. The van der Waals surface area contributed by atoms with Gasteiger partial charge in [-0.15, -0.1) is 0 Å². The second-order valence-corrected chi connectivity index (χ2v) is 21.5. The summed E-state index contributed by atoms with van der Waals surface area (Å²) in [7, 11) is 0. The van der Waals surface area contributed by atoms with Crippen molar-refractivity contribution in [3.8, 4) is 0 Å². The zero-order valence-electron chi connectivity index (χ0n) is 36.9. The van der Waals surface area contributed by atoms with Crippen molar-refractivity contribution in [3.63, 3.8) is 0 Å². The van der Waals surface area contributed by atoms with Gasteiger partial charge in [0.1, 0.15) is 17.0 Å². The van der Waals surface area contributed by atoms with Crippen molar-refractivity contribution in [2.75, 3.05) is 0 Å². The molecule has 5 saturated carbocycles. The number of hydrogen-bond donors (Lipinski definition) is 0. The highest BCUT2D eigenvalue weighted by molar-refractivity contribution is 5.02. The molecule has 5 aliphatic carbocycles. The Morgan fingerprint density at radius 3 is 1.09 bits per heavy atom. The van der Waals surface area contributed by atoms with Gasteiger partial charge in [-0.3, -0.25) is 0 Å². The largest absolute Gasteiger partial charge is 0.251 e. The average molecular weight is 771 g/mol. The number of alkyl halides is 7. The van der Waals surface area contributed by atoms with E-state index in [2.05, 4.69) is 41.5 Å². The van der Waals surface area contributed by atoms with Crippen LogP contribution in [0.2, 0.25) is 0 Å². The van der Waals surface area contributed by atoms with E-state index in [0.717, 1.165) is 88.4 Å². The maximum atomic E-state index is 13.4. The van der Waals surface area contributed by atoms with E-state index in [9.17, 15) is 30.7 Å². The third-order valence-electron chi connectivity index (χ3n) is 12.1. The van der Waals surface area contributed by atoms with Crippen molar-refractivity contribution in [1.82, 2.24) is 0 Å². The maximum absolute atomic E-state index is 13.4. The predicted molar refractivity (Wildman–Crippen MR) is 213 cm³/mol. The van der Waals surface area contributed by atoms with Gasteiger partial charge in [0.05, 0.1) is 0 Å². The standard InChI is InChI=1S/C11H21F.C10H19F.C9H16F2.C9H17F.C7H12F2/c1-9(2)8-10-4-6-11(3,12)7-5-10;1-8(2)6-9-4-5-10(3,11)7-9;1-7(2)6-9(4-5-9)8(3,10)11;1-7(2)4-8-5-9(3,10)6-8;1-5(2)3-6-4-7(6,8)9/h9-10H,4-8H2,1-3H3;8-9H,4-7H2,1-3H3;7H,4-6H2,1-3H3;7-8H,4-6H2,1-3H3;5-6H,3-4H2,1-2H3. The van der Waals surface area contributed by atoms with Crippen LogP contribution in [0.25, 0.3) is 0 Å². The Hall–Kier alpha value is -0.490. The van der Waals surface area contributed by atoms with E-state index >= 15 is 0 Å². The van der Waals surface area contributed by atoms with Crippen molar-refractivity contribution in [3.05, 3.63) is 0 Å². The zero-order valence-corrected chi connectivity index (χ0v) is 36.9. The fraction of sp³-hybridized carbons (Fsp3) is 1.00. The van der Waals surface area contributed by atoms with Crippen LogP contribution < -0.4 is 0 Å². The molecule has 0 nitrogen and oxygen atoms in total. The van der Waals surface area contributed by atoms with Crippen LogP contribution in [0.5, 0.6) is 0 Å². The van der Waals surface area contributed by atoms with Crippen molar-refractivity contribution in [2.45, 2.75) is 235 Å². The Labute approximate surface area is 323 Å². The minimum atomic E-state index is -2.46. The van der Waals surface area contributed by atoms with E-state index in [4.69, 9.17) is 0 Å². The highest BCUT2D eigenvalue weighted by Crippen LogP contribution is 2.60. The van der Waals surface area contributed by atoms with Crippen LogP contribution in [0, 0.1) is 58.7 Å². The fourth-order valence-corrected chi connectivity index (χ4v) is 9.19. The highest BCUT2D eigenvalue weighted by Gasteiger charge is 2.58. The van der Waals surface area contributed by atoms with Crippen LogP contribution in [-0.4, -0.2) is 28.9 Å². The molecular weight excluding hydrogens is 685 g/mol. The zero-order chi connectivity index (χ0) is 41.2. The number of halogens is 7. The van der Waals surface area contributed by atoms with E-state index in [1.165, 1.54) is 19.3 Å². The molecule has 0 radical (unpaired) electrons. The van der Waals surface area contributed by atoms with Gasteiger partial charge in [0.2, 0.25) is 0 Å². The molecule has 3 unspecified atom stereocenters. The fourth-order valence-electron chi connectivity index (χ4n) is 9.19. The topological polar surface area (TPSA) is 0 Å². The Morgan fingerprint density at radius 2 is 0.830 bits per heavy atom. The molecule has 0 spiro atoms. The molecule has 318 valence electrons. The van der Waals surface area contributed by atoms with Crippen LogP contribution in [0.1, 0.15) is 206 Å². The van der Waals surface area contributed by atoms with E-state index in [-0.39, 0.29) is 12.3 Å². The molecule has 0 bridgehead atoms. The lowest BCUT2D eigenvalue weighted by molar-refractivity contribution is -0.0624. The third-order valence-corrected chi connectivity index (χ3v) is 12.1. The lowest BCUT2D eigenvalue weighted by Crippen LogP contribution is -2.37. The first-order chi connectivity index (χ1) is 23.9. The van der Waals surface area contributed by atoms with Crippen molar-refractivity contribution in [2.24, 2.45) is 58.7 Å². The van der Waals surface area contributed by atoms with Crippen LogP contribution >= 0.6 is 0 Å². The molecule has 7 heteroatoms. The normalized spacial score (nSPS) is 33.8. The van der Waals surface area contributed by atoms with Gasteiger partial charge in [-0.1, -0.05) is 69.2 Å². The Balaban J connectivity index is 0.000000332. The molecule has 0 heterocycles. The summed E-state index contributed by atoms with van der Waals surface area (Å²) in [5.74, 6) is 0.133. The maximum Gasteiger partial charge on any atom is 0.251 e. The summed E-state index contributed by atoms with van der Waals surface area (Å²) in [6.07, 6.45) is 14.7. The first-order valence-corrected chi connectivity index (χ1v) is 21.7. The van der Waals surface area contributed by atoms with Gasteiger partial charge in [0.15, 0.2) is 0 Å². The van der Waals surface area contributed by atoms with Crippen LogP contribution in [-0.2, 0) is 0 Å². The van der Waals surface area contributed by atoms with E-state index in [1.54, 1.807) is 20.8 Å². The number of hydrogen-bond acceptors (Lipinski definition) is 0. The summed E-state index contributed by atoms with van der Waals surface area (Å²) in [5, 5.41) is 0. The van der Waals surface area contributed by atoms with Crippen molar-refractivity contribution >= 4 is 0 Å². The van der Waals surface area contributed by atoms with Gasteiger partial charge in [-0.05, 0) is 178 Å². The van der Waals surface area contributed by atoms with Crippen molar-refractivity contribution < 1.29 is 30.7 Å². The molecule has 0 amide bonds. The first kappa shape index (κ1) is 50.5. The SMILES string of the molecule is CC(C)CC1(C(C)(F)F)CC1.CC(C)CC1CC(C)(F)C1.CC(C)CC1CC1(F)F.CC(C)CC1CCC(C)(F)C1.CC(C)CC1CCC(C)(F)CC1. The van der Waals surface area contributed by atoms with E-state index < -0.39 is 34.3 Å². The molecule has 0 aliphatic heterocycles. The molecule has 0 N–H and O–H groups in total. The lowest BCUT2D eigenvalue weighted by atomic mass is 9.70. The highest BCUT2D eigenvalue weighted by atomic mass is 19.3. The first-order valence-electron chi connectivity index (χ1n) is 21.7. The molecule has 5 aliphatic rings. The van der Waals surface area contributed by atoms with Gasteiger partial charge in [-0.2, -0.15) is 0 Å². The molecule has 0 aromatic carbocycles. The second kappa shape index (κ2) is 20.8. The van der Waals surface area contributed by atoms with Crippen LogP contribution in [0.15, 0.2) is 0 Å². The average Bonchev–Trinajstić information content (AvgIpc) is 3.80. The summed E-state index contributed by atoms with van der Waals surface area (Å²) in [6.45, 7) is 27.6. The van der Waals surface area contributed by atoms with E-state index in [0.29, 0.717) is 49.4 Å². The van der Waals surface area contributed by atoms with Crippen LogP contribution in [0.4, 0.5) is 30.7 Å². The summed E-state index contributed by atoms with van der Waals surface area (Å²) in [4.78, 5) is 0. The van der Waals surface area contributed by atoms with Gasteiger partial charge in [0.25, 0.3) is 11.8 Å². The van der Waals surface area contributed by atoms with Gasteiger partial charge in [0, 0.05) is 17.8 Å². The van der Waals surface area contributed by atoms with Crippen molar-refractivity contribution in [1.29, 1.82) is 0 Å². The molecular formula is C46H85F7. The Morgan fingerprint density at radius 1 is 0.472 bits per heavy atom. The summed E-state index contributed by atoms with van der Waals surface area (Å²) in [6, 6.07) is 0. The molecule has 5 fully saturated rings. The molecule has 5 rings (SSSR count). The second-order valence-electron chi connectivity index (χ2n) is 21.5. The summed E-state index contributed by atoms with van der Waals surface area (Å²) in [5.41, 5.74) is -3.15. The lowest BCUT2D eigenvalue weighted by Gasteiger charge is -2.39. The summed E-state index contributed by atoms with van der Waals surface area (Å²) < 4.78 is 89.8. The van der Waals surface area contributed by atoms with Gasteiger partial charge >= 0.3 is 0 Å². The molecule has 53 heavy (non-hydrogen) atoms. The minimum absolute atomic E-state index is 0.130. The molecule has 0 aromatic heterocycles. The summed E-state index contributed by atoms with van der Waals surface area (Å²) >= 11 is 0. The van der Waals surface area contributed by atoms with Gasteiger partial charge < -0.3 is 0 Å². The number of rotatable bonds is 11. The predicted octanol–water partition coefficient (Wildman–Crippen LogP) is 16.8. The quantitative estimate of drug-likeness (QED) is 0.184. The van der Waals surface area contributed by atoms with E-state index in [1.807, 2.05) is 27.7 Å². The molecule has 0 aromatic rings. The minimum Gasteiger partial charge on any atom is -0.244 e.